The number of carbonyl (C=O) groups excluding carboxylic acids is 1. The zero-order valence-electron chi connectivity index (χ0n) is 16.2. The van der Waals surface area contributed by atoms with Crippen LogP contribution >= 0.6 is 0 Å². The first kappa shape index (κ1) is 20.4. The molecule has 0 aromatic heterocycles. The smallest absolute Gasteiger partial charge is 0.220 e. The van der Waals surface area contributed by atoms with Crippen molar-refractivity contribution in [2.24, 2.45) is 17.8 Å². The van der Waals surface area contributed by atoms with Crippen LogP contribution in [0, 0.1) is 17.8 Å². The minimum atomic E-state index is -0.0379. The molecule has 4 heteroatoms. The van der Waals surface area contributed by atoms with Crippen LogP contribution in [-0.2, 0) is 9.53 Å². The molecule has 1 aliphatic rings. The molecule has 1 rings (SSSR count). The molecule has 0 aliphatic carbocycles. The summed E-state index contributed by atoms with van der Waals surface area (Å²) in [5.74, 6) is 2.03. The summed E-state index contributed by atoms with van der Waals surface area (Å²) >= 11 is 0. The van der Waals surface area contributed by atoms with E-state index >= 15 is 0 Å². The minimum Gasteiger partial charge on any atom is -0.376 e. The highest BCUT2D eigenvalue weighted by atomic mass is 16.5. The lowest BCUT2D eigenvalue weighted by Gasteiger charge is -2.39. The molecule has 0 unspecified atom stereocenters. The Balaban J connectivity index is 2.55. The van der Waals surface area contributed by atoms with Gasteiger partial charge in [0, 0.05) is 13.0 Å². The highest BCUT2D eigenvalue weighted by Crippen LogP contribution is 2.37. The van der Waals surface area contributed by atoms with Crippen LogP contribution in [0.15, 0.2) is 0 Å². The van der Waals surface area contributed by atoms with Crippen molar-refractivity contribution in [3.63, 3.8) is 0 Å². The molecule has 23 heavy (non-hydrogen) atoms. The van der Waals surface area contributed by atoms with Crippen LogP contribution in [0.1, 0.15) is 59.8 Å². The minimum absolute atomic E-state index is 0.0379. The van der Waals surface area contributed by atoms with Gasteiger partial charge in [-0.05, 0) is 50.9 Å². The molecule has 2 atom stereocenters. The van der Waals surface area contributed by atoms with Crippen LogP contribution in [0.5, 0.6) is 0 Å². The lowest BCUT2D eigenvalue weighted by Crippen LogP contribution is -3.06. The average molecular weight is 328 g/mol. The lowest BCUT2D eigenvalue weighted by molar-refractivity contribution is -0.856. The number of amides is 1. The van der Waals surface area contributed by atoms with Gasteiger partial charge in [0.25, 0.3) is 0 Å². The average Bonchev–Trinajstić information content (AvgIpc) is 2.41. The van der Waals surface area contributed by atoms with Gasteiger partial charge in [0.05, 0.1) is 32.8 Å². The van der Waals surface area contributed by atoms with Gasteiger partial charge >= 0.3 is 0 Å². The second kappa shape index (κ2) is 9.63. The van der Waals surface area contributed by atoms with Gasteiger partial charge in [-0.3, -0.25) is 4.79 Å². The fourth-order valence-electron chi connectivity index (χ4n) is 3.50. The molecule has 1 amide bonds. The molecule has 136 valence electrons. The number of hydrogen-bond acceptors (Lipinski definition) is 2. The summed E-state index contributed by atoms with van der Waals surface area (Å²) in [6.45, 7) is 11.5. The van der Waals surface area contributed by atoms with Crippen LogP contribution in [-0.4, -0.2) is 45.3 Å². The Morgan fingerprint density at radius 1 is 1.30 bits per heavy atom. The molecule has 0 radical (unpaired) electrons. The Morgan fingerprint density at radius 2 is 2.00 bits per heavy atom. The predicted octanol–water partition coefficient (Wildman–Crippen LogP) is 1.89. The highest BCUT2D eigenvalue weighted by Gasteiger charge is 2.34. The topological polar surface area (TPSA) is 42.8 Å². The first-order valence-corrected chi connectivity index (χ1v) is 9.39. The number of rotatable bonds is 9. The van der Waals surface area contributed by atoms with Gasteiger partial charge in [0.15, 0.2) is 0 Å². The Kier molecular flexibility index (Phi) is 8.56. The molecular formula is C19H39N2O2+. The van der Waals surface area contributed by atoms with Crippen LogP contribution < -0.4 is 10.2 Å². The number of likely N-dealkylation sites (N-methyl/N-ethyl adjacent to an activating group) is 1. The van der Waals surface area contributed by atoms with E-state index in [-0.39, 0.29) is 11.5 Å². The SMILES string of the molecule is CC(C)CC[C@@H](CC(=O)NCC[NH+](C)C)[C@H]1CCOC(C)(C)C1. The fourth-order valence-corrected chi connectivity index (χ4v) is 3.50. The molecule has 1 heterocycles. The van der Waals surface area contributed by atoms with E-state index in [1.54, 1.807) is 0 Å². The molecule has 0 aromatic carbocycles. The van der Waals surface area contributed by atoms with Crippen LogP contribution in [0.3, 0.4) is 0 Å². The Labute approximate surface area is 143 Å². The molecule has 1 saturated heterocycles. The van der Waals surface area contributed by atoms with Crippen molar-refractivity contribution in [2.45, 2.75) is 65.4 Å². The first-order chi connectivity index (χ1) is 10.7. The van der Waals surface area contributed by atoms with Gasteiger partial charge in [-0.15, -0.1) is 0 Å². The van der Waals surface area contributed by atoms with Crippen molar-refractivity contribution in [3.05, 3.63) is 0 Å². The van der Waals surface area contributed by atoms with E-state index in [4.69, 9.17) is 4.74 Å². The van der Waals surface area contributed by atoms with Crippen molar-refractivity contribution in [2.75, 3.05) is 33.8 Å². The van der Waals surface area contributed by atoms with Crippen LogP contribution in [0.2, 0.25) is 0 Å². The van der Waals surface area contributed by atoms with Gasteiger partial charge < -0.3 is 15.0 Å². The highest BCUT2D eigenvalue weighted by molar-refractivity contribution is 5.76. The number of nitrogens with one attached hydrogen (secondary N) is 2. The quantitative estimate of drug-likeness (QED) is 0.679. The van der Waals surface area contributed by atoms with Gasteiger partial charge in [0.2, 0.25) is 5.91 Å². The van der Waals surface area contributed by atoms with E-state index in [1.165, 1.54) is 11.3 Å². The third kappa shape index (κ3) is 8.71. The lowest BCUT2D eigenvalue weighted by atomic mass is 9.75. The van der Waals surface area contributed by atoms with Gasteiger partial charge in [0.1, 0.15) is 0 Å². The number of quaternary nitrogens is 1. The van der Waals surface area contributed by atoms with E-state index in [0.717, 1.165) is 39.0 Å². The summed E-state index contributed by atoms with van der Waals surface area (Å²) in [5, 5.41) is 3.10. The summed E-state index contributed by atoms with van der Waals surface area (Å²) in [4.78, 5) is 13.7. The van der Waals surface area contributed by atoms with E-state index < -0.39 is 0 Å². The van der Waals surface area contributed by atoms with E-state index in [1.807, 2.05) is 0 Å². The molecule has 0 bridgehead atoms. The maximum absolute atomic E-state index is 12.3. The molecule has 1 aliphatic heterocycles. The molecule has 1 fully saturated rings. The van der Waals surface area contributed by atoms with Gasteiger partial charge in [-0.25, -0.2) is 0 Å². The Bertz CT molecular complexity index is 353. The first-order valence-electron chi connectivity index (χ1n) is 9.39. The zero-order chi connectivity index (χ0) is 17.5. The Hall–Kier alpha value is -0.610. The number of ether oxygens (including phenoxy) is 1. The van der Waals surface area contributed by atoms with E-state index in [9.17, 15) is 4.79 Å². The summed E-state index contributed by atoms with van der Waals surface area (Å²) in [7, 11) is 4.23. The molecular weight excluding hydrogens is 288 g/mol. The summed E-state index contributed by atoms with van der Waals surface area (Å²) in [6.07, 6.45) is 5.21. The van der Waals surface area contributed by atoms with Crippen LogP contribution in [0.25, 0.3) is 0 Å². The molecule has 4 nitrogen and oxygen atoms in total. The maximum atomic E-state index is 12.3. The van der Waals surface area contributed by atoms with Gasteiger partial charge in [-0.1, -0.05) is 20.3 Å². The van der Waals surface area contributed by atoms with E-state index in [0.29, 0.717) is 24.2 Å². The Morgan fingerprint density at radius 3 is 2.57 bits per heavy atom. The summed E-state index contributed by atoms with van der Waals surface area (Å²) in [5.41, 5.74) is -0.0379. The number of hydrogen-bond donors (Lipinski definition) is 2. The summed E-state index contributed by atoms with van der Waals surface area (Å²) < 4.78 is 5.86. The third-order valence-corrected chi connectivity index (χ3v) is 4.91. The molecule has 0 spiro atoms. The van der Waals surface area contributed by atoms with Crippen molar-refractivity contribution < 1.29 is 14.4 Å². The van der Waals surface area contributed by atoms with Crippen LogP contribution in [0.4, 0.5) is 0 Å². The second-order valence-corrected chi connectivity index (χ2v) is 8.60. The standard InChI is InChI=1S/C19H38N2O2/c1-15(2)7-8-16(13-18(22)20-10-11-21(5)6)17-9-12-23-19(3,4)14-17/h15-17H,7-14H2,1-6H3,(H,20,22)/p+1/t16-,17-/m0/s1. The van der Waals surface area contributed by atoms with Crippen molar-refractivity contribution in [1.29, 1.82) is 0 Å². The largest absolute Gasteiger partial charge is 0.376 e. The van der Waals surface area contributed by atoms with E-state index in [2.05, 4.69) is 47.1 Å². The predicted molar refractivity (Wildman–Crippen MR) is 95.6 cm³/mol. The third-order valence-electron chi connectivity index (χ3n) is 4.91. The molecule has 2 N–H and O–H groups in total. The van der Waals surface area contributed by atoms with Crippen molar-refractivity contribution in [3.8, 4) is 0 Å². The van der Waals surface area contributed by atoms with Crippen molar-refractivity contribution in [1.82, 2.24) is 5.32 Å². The molecule has 0 aromatic rings. The fraction of sp³-hybridized carbons (Fsp3) is 0.947. The maximum Gasteiger partial charge on any atom is 0.220 e. The van der Waals surface area contributed by atoms with Crippen molar-refractivity contribution >= 4 is 5.91 Å². The monoisotopic (exact) mass is 327 g/mol. The summed E-state index contributed by atoms with van der Waals surface area (Å²) in [6, 6.07) is 0. The second-order valence-electron chi connectivity index (χ2n) is 8.60. The van der Waals surface area contributed by atoms with Gasteiger partial charge in [-0.2, -0.15) is 0 Å². The molecule has 0 saturated carbocycles. The number of carbonyl (C=O) groups is 1. The normalized spacial score (nSPS) is 22.3. The zero-order valence-corrected chi connectivity index (χ0v) is 16.2.